The molecule has 2 aromatic rings. The first-order valence-corrected chi connectivity index (χ1v) is 9.09. The van der Waals surface area contributed by atoms with Gasteiger partial charge in [0.15, 0.2) is 0 Å². The minimum Gasteiger partial charge on any atom is -0.481 e. The number of hydrogen-bond donors (Lipinski definition) is 2. The van der Waals surface area contributed by atoms with E-state index in [9.17, 15) is 14.7 Å². The number of unbranched alkanes of at least 4 members (excludes halogenated alkanes) is 1. The van der Waals surface area contributed by atoms with Gasteiger partial charge in [-0.15, -0.1) is 0 Å². The molecule has 4 heteroatoms. The van der Waals surface area contributed by atoms with Gasteiger partial charge < -0.3 is 10.2 Å². The van der Waals surface area contributed by atoms with Crippen LogP contribution in [0, 0.1) is 0 Å². The van der Waals surface area contributed by atoms with E-state index in [2.05, 4.69) is 12.1 Å². The summed E-state index contributed by atoms with van der Waals surface area (Å²) in [6, 6.07) is 19.9. The average molecular weight is 354 g/mol. The number of hydrogen-bond acceptors (Lipinski definition) is 2. The van der Waals surface area contributed by atoms with Crippen molar-refractivity contribution in [3.63, 3.8) is 0 Å². The highest BCUT2D eigenvalue weighted by Gasteiger charge is 2.22. The fourth-order valence-electron chi connectivity index (χ4n) is 3.43. The van der Waals surface area contributed by atoms with Crippen LogP contribution in [0.4, 0.5) is 0 Å². The van der Waals surface area contributed by atoms with Crippen LogP contribution >= 0.6 is 0 Å². The number of carboxylic acids is 2. The Bertz CT molecular complexity index is 682. The third-order valence-electron chi connectivity index (χ3n) is 4.73. The number of carboxylic acid groups (broad SMARTS) is 2. The van der Waals surface area contributed by atoms with Crippen molar-refractivity contribution in [1.29, 1.82) is 0 Å². The fourth-order valence-corrected chi connectivity index (χ4v) is 3.43. The Labute approximate surface area is 154 Å². The molecule has 0 saturated heterocycles. The fraction of sp³-hybridized carbons (Fsp3) is 0.364. The monoisotopic (exact) mass is 354 g/mol. The zero-order valence-corrected chi connectivity index (χ0v) is 14.9. The summed E-state index contributed by atoms with van der Waals surface area (Å²) in [5, 5.41) is 18.2. The molecular weight excluding hydrogens is 328 g/mol. The van der Waals surface area contributed by atoms with Crippen molar-refractivity contribution in [3.05, 3.63) is 71.8 Å². The molecular formula is C22H26O4. The number of rotatable bonds is 11. The number of aliphatic carboxylic acids is 2. The summed E-state index contributed by atoms with van der Waals surface area (Å²) in [7, 11) is 0. The maximum Gasteiger partial charge on any atom is 0.303 e. The maximum atomic E-state index is 11.4. The second kappa shape index (κ2) is 10.4. The zero-order chi connectivity index (χ0) is 18.8. The first kappa shape index (κ1) is 19.7. The van der Waals surface area contributed by atoms with E-state index in [0.717, 1.165) is 24.8 Å². The van der Waals surface area contributed by atoms with Crippen molar-refractivity contribution in [3.8, 4) is 0 Å². The van der Waals surface area contributed by atoms with Gasteiger partial charge in [-0.2, -0.15) is 0 Å². The Morgan fingerprint density at radius 2 is 1.27 bits per heavy atom. The SMILES string of the molecule is O=C(O)CCCCC(CC(CC(=O)O)c1ccccc1)c1ccccc1. The van der Waals surface area contributed by atoms with E-state index in [1.54, 1.807) is 0 Å². The van der Waals surface area contributed by atoms with Gasteiger partial charge in [-0.1, -0.05) is 67.1 Å². The second-order valence-electron chi connectivity index (χ2n) is 6.69. The minimum absolute atomic E-state index is 0.0571. The lowest BCUT2D eigenvalue weighted by Crippen LogP contribution is -2.11. The Morgan fingerprint density at radius 3 is 1.77 bits per heavy atom. The largest absolute Gasteiger partial charge is 0.481 e. The van der Waals surface area contributed by atoms with Crippen LogP contribution < -0.4 is 0 Å². The molecule has 0 aliphatic rings. The van der Waals surface area contributed by atoms with E-state index < -0.39 is 11.9 Å². The van der Waals surface area contributed by atoms with Crippen molar-refractivity contribution >= 4 is 11.9 Å². The van der Waals surface area contributed by atoms with E-state index in [4.69, 9.17) is 5.11 Å². The smallest absolute Gasteiger partial charge is 0.303 e. The van der Waals surface area contributed by atoms with Gasteiger partial charge in [0.25, 0.3) is 0 Å². The number of carbonyl (C=O) groups is 2. The number of benzene rings is 2. The van der Waals surface area contributed by atoms with Gasteiger partial charge in [0.1, 0.15) is 0 Å². The highest BCUT2D eigenvalue weighted by molar-refractivity contribution is 5.68. The van der Waals surface area contributed by atoms with Crippen LogP contribution in [-0.4, -0.2) is 22.2 Å². The van der Waals surface area contributed by atoms with Crippen LogP contribution in [0.1, 0.15) is 61.5 Å². The average Bonchev–Trinajstić information content (AvgIpc) is 2.64. The molecule has 0 bridgehead atoms. The molecule has 0 aliphatic carbocycles. The van der Waals surface area contributed by atoms with E-state index in [1.165, 1.54) is 5.56 Å². The third kappa shape index (κ3) is 6.71. The molecule has 4 nitrogen and oxygen atoms in total. The van der Waals surface area contributed by atoms with E-state index in [0.29, 0.717) is 6.42 Å². The van der Waals surface area contributed by atoms with Crippen LogP contribution in [0.5, 0.6) is 0 Å². The molecule has 0 aromatic heterocycles. The quantitative estimate of drug-likeness (QED) is 0.553. The normalized spacial score (nSPS) is 13.1. The second-order valence-corrected chi connectivity index (χ2v) is 6.69. The molecule has 26 heavy (non-hydrogen) atoms. The topological polar surface area (TPSA) is 74.6 Å². The Hall–Kier alpha value is -2.62. The summed E-state index contributed by atoms with van der Waals surface area (Å²) in [5.41, 5.74) is 2.23. The third-order valence-corrected chi connectivity index (χ3v) is 4.73. The van der Waals surface area contributed by atoms with Gasteiger partial charge in [0.2, 0.25) is 0 Å². The van der Waals surface area contributed by atoms with Crippen LogP contribution in [-0.2, 0) is 9.59 Å². The standard InChI is InChI=1S/C22H26O4/c23-21(24)14-8-7-13-19(17-9-3-1-4-10-17)15-20(16-22(25)26)18-11-5-2-6-12-18/h1-6,9-12,19-20H,7-8,13-16H2,(H,23,24)(H,25,26). The molecule has 2 aromatic carbocycles. The van der Waals surface area contributed by atoms with Crippen molar-refractivity contribution in [1.82, 2.24) is 0 Å². The van der Waals surface area contributed by atoms with Crippen LogP contribution in [0.2, 0.25) is 0 Å². The summed E-state index contributed by atoms with van der Waals surface area (Å²) in [6.45, 7) is 0. The lowest BCUT2D eigenvalue weighted by Gasteiger charge is -2.24. The lowest BCUT2D eigenvalue weighted by molar-refractivity contribution is -0.138. The summed E-state index contributed by atoms with van der Waals surface area (Å²) in [5.74, 6) is -1.40. The van der Waals surface area contributed by atoms with Crippen LogP contribution in [0.15, 0.2) is 60.7 Å². The predicted molar refractivity (Wildman–Crippen MR) is 101 cm³/mol. The molecule has 2 atom stereocenters. The predicted octanol–water partition coefficient (Wildman–Crippen LogP) is 5.06. The van der Waals surface area contributed by atoms with Gasteiger partial charge in [0.05, 0.1) is 6.42 Å². The molecule has 0 amide bonds. The van der Waals surface area contributed by atoms with Crippen molar-refractivity contribution in [2.24, 2.45) is 0 Å². The molecule has 0 aliphatic heterocycles. The lowest BCUT2D eigenvalue weighted by atomic mass is 9.81. The molecule has 2 rings (SSSR count). The summed E-state index contributed by atoms with van der Waals surface area (Å²) in [4.78, 5) is 22.1. The summed E-state index contributed by atoms with van der Waals surface area (Å²) < 4.78 is 0. The molecule has 2 unspecified atom stereocenters. The Balaban J connectivity index is 2.13. The molecule has 0 radical (unpaired) electrons. The van der Waals surface area contributed by atoms with Crippen molar-refractivity contribution < 1.29 is 19.8 Å². The first-order valence-electron chi connectivity index (χ1n) is 9.09. The highest BCUT2D eigenvalue weighted by atomic mass is 16.4. The van der Waals surface area contributed by atoms with E-state index in [1.807, 2.05) is 48.5 Å². The van der Waals surface area contributed by atoms with E-state index in [-0.39, 0.29) is 24.7 Å². The Morgan fingerprint density at radius 1 is 0.731 bits per heavy atom. The molecule has 0 fully saturated rings. The van der Waals surface area contributed by atoms with Gasteiger partial charge in [-0.05, 0) is 42.2 Å². The summed E-state index contributed by atoms with van der Waals surface area (Å²) in [6.07, 6.45) is 3.35. The van der Waals surface area contributed by atoms with Crippen molar-refractivity contribution in [2.75, 3.05) is 0 Å². The molecule has 0 spiro atoms. The van der Waals surface area contributed by atoms with Gasteiger partial charge in [0, 0.05) is 6.42 Å². The van der Waals surface area contributed by atoms with E-state index >= 15 is 0 Å². The van der Waals surface area contributed by atoms with Crippen LogP contribution in [0.3, 0.4) is 0 Å². The van der Waals surface area contributed by atoms with Gasteiger partial charge in [-0.25, -0.2) is 0 Å². The highest BCUT2D eigenvalue weighted by Crippen LogP contribution is 2.35. The minimum atomic E-state index is -0.795. The zero-order valence-electron chi connectivity index (χ0n) is 14.9. The van der Waals surface area contributed by atoms with Gasteiger partial charge in [-0.3, -0.25) is 9.59 Å². The maximum absolute atomic E-state index is 11.4. The van der Waals surface area contributed by atoms with Crippen molar-refractivity contribution in [2.45, 2.75) is 50.4 Å². The van der Waals surface area contributed by atoms with Gasteiger partial charge >= 0.3 is 11.9 Å². The molecule has 2 N–H and O–H groups in total. The molecule has 0 saturated carbocycles. The Kier molecular flexibility index (Phi) is 7.87. The molecule has 0 heterocycles. The summed E-state index contributed by atoms with van der Waals surface area (Å²) >= 11 is 0. The molecule has 138 valence electrons. The van der Waals surface area contributed by atoms with Crippen LogP contribution in [0.25, 0.3) is 0 Å². The first-order chi connectivity index (χ1) is 12.6.